The van der Waals surface area contributed by atoms with E-state index in [0.717, 1.165) is 12.8 Å². The number of aliphatic hydroxyl groups excluding tert-OH is 1. The summed E-state index contributed by atoms with van der Waals surface area (Å²) in [4.78, 5) is 0. The minimum absolute atomic E-state index is 0. The summed E-state index contributed by atoms with van der Waals surface area (Å²) in [7, 11) is 0. The van der Waals surface area contributed by atoms with Gasteiger partial charge < -0.3 is 5.11 Å². The first kappa shape index (κ1) is 10.9. The monoisotopic (exact) mass is 112 g/mol. The van der Waals surface area contributed by atoms with E-state index in [2.05, 4.69) is 6.92 Å². The SMILES string of the molecule is CCCC(C)O.[NaH]. The second-order valence-corrected chi connectivity index (χ2v) is 1.64. The van der Waals surface area contributed by atoms with Crippen LogP contribution >= 0.6 is 0 Å². The molecule has 0 aromatic rings. The van der Waals surface area contributed by atoms with Crippen molar-refractivity contribution in [3.8, 4) is 0 Å². The van der Waals surface area contributed by atoms with Gasteiger partial charge in [-0.25, -0.2) is 0 Å². The van der Waals surface area contributed by atoms with Gasteiger partial charge >= 0.3 is 29.6 Å². The van der Waals surface area contributed by atoms with Gasteiger partial charge in [-0.2, -0.15) is 0 Å². The van der Waals surface area contributed by atoms with E-state index in [4.69, 9.17) is 5.11 Å². The molecular weight excluding hydrogens is 99.0 g/mol. The second-order valence-electron chi connectivity index (χ2n) is 1.64. The summed E-state index contributed by atoms with van der Waals surface area (Å²) in [6.07, 6.45) is 1.91. The maximum atomic E-state index is 8.55. The van der Waals surface area contributed by atoms with Gasteiger partial charge in [-0.1, -0.05) is 13.3 Å². The molecule has 0 radical (unpaired) electrons. The van der Waals surface area contributed by atoms with E-state index >= 15 is 0 Å². The Labute approximate surface area is 67.4 Å². The van der Waals surface area contributed by atoms with Crippen LogP contribution in [0.25, 0.3) is 0 Å². The van der Waals surface area contributed by atoms with E-state index in [9.17, 15) is 0 Å². The number of aliphatic hydroxyl groups is 1. The fourth-order valence-electron chi connectivity index (χ4n) is 0.418. The molecule has 1 unspecified atom stereocenters. The van der Waals surface area contributed by atoms with Gasteiger partial charge in [0.05, 0.1) is 6.10 Å². The van der Waals surface area contributed by atoms with Crippen LogP contribution in [0.1, 0.15) is 26.7 Å². The van der Waals surface area contributed by atoms with Crippen molar-refractivity contribution in [1.29, 1.82) is 0 Å². The van der Waals surface area contributed by atoms with Crippen molar-refractivity contribution in [3.63, 3.8) is 0 Å². The summed E-state index contributed by atoms with van der Waals surface area (Å²) in [5.74, 6) is 0. The molecule has 0 aliphatic carbocycles. The summed E-state index contributed by atoms with van der Waals surface area (Å²) in [5, 5.41) is 8.55. The number of hydrogen-bond donors (Lipinski definition) is 1. The van der Waals surface area contributed by atoms with Gasteiger partial charge in [-0.3, -0.25) is 0 Å². The van der Waals surface area contributed by atoms with Crippen LogP contribution in [0.5, 0.6) is 0 Å². The quantitative estimate of drug-likeness (QED) is 0.516. The van der Waals surface area contributed by atoms with Crippen molar-refractivity contribution in [3.05, 3.63) is 0 Å². The third kappa shape index (κ3) is 10.9. The van der Waals surface area contributed by atoms with Gasteiger partial charge in [0.25, 0.3) is 0 Å². The molecule has 1 nitrogen and oxygen atoms in total. The molecule has 0 saturated carbocycles. The molecule has 0 aliphatic rings. The van der Waals surface area contributed by atoms with E-state index in [-0.39, 0.29) is 35.7 Å². The van der Waals surface area contributed by atoms with Crippen LogP contribution in [-0.2, 0) is 0 Å². The van der Waals surface area contributed by atoms with E-state index in [1.807, 2.05) is 6.92 Å². The first-order valence-electron chi connectivity index (χ1n) is 2.45. The molecule has 0 saturated heterocycles. The predicted molar refractivity (Wildman–Crippen MR) is 33.7 cm³/mol. The van der Waals surface area contributed by atoms with Gasteiger partial charge in [-0.05, 0) is 13.3 Å². The molecule has 2 heteroatoms. The molecule has 0 aromatic heterocycles. The van der Waals surface area contributed by atoms with Crippen molar-refractivity contribution in [1.82, 2.24) is 0 Å². The zero-order chi connectivity index (χ0) is 4.99. The molecule has 40 valence electrons. The summed E-state index contributed by atoms with van der Waals surface area (Å²) in [6, 6.07) is 0. The van der Waals surface area contributed by atoms with Crippen LogP contribution in [0, 0.1) is 0 Å². The van der Waals surface area contributed by atoms with E-state index in [0.29, 0.717) is 0 Å². The van der Waals surface area contributed by atoms with E-state index in [1.165, 1.54) is 0 Å². The standard InChI is InChI=1S/C5H12O.Na.H/c1-3-4-5(2)6;;/h5-6H,3-4H2,1-2H3;;. The average molecular weight is 112 g/mol. The van der Waals surface area contributed by atoms with Crippen molar-refractivity contribution < 1.29 is 5.11 Å². The van der Waals surface area contributed by atoms with Crippen molar-refractivity contribution >= 4 is 29.6 Å². The fraction of sp³-hybridized carbons (Fsp3) is 1.00. The van der Waals surface area contributed by atoms with Gasteiger partial charge in [0.1, 0.15) is 0 Å². The third-order valence-corrected chi connectivity index (χ3v) is 0.706. The van der Waals surface area contributed by atoms with Gasteiger partial charge in [0.2, 0.25) is 0 Å². The molecule has 0 heterocycles. The maximum absolute atomic E-state index is 8.55. The Hall–Kier alpha value is 0.960. The topological polar surface area (TPSA) is 20.2 Å². The van der Waals surface area contributed by atoms with Crippen LogP contribution in [0.4, 0.5) is 0 Å². The molecule has 0 fully saturated rings. The normalized spacial score (nSPS) is 12.4. The summed E-state index contributed by atoms with van der Waals surface area (Å²) < 4.78 is 0. The van der Waals surface area contributed by atoms with Gasteiger partial charge in [-0.15, -0.1) is 0 Å². The summed E-state index contributed by atoms with van der Waals surface area (Å²) >= 11 is 0. The first-order valence-corrected chi connectivity index (χ1v) is 2.45. The van der Waals surface area contributed by atoms with Crippen molar-refractivity contribution in [2.45, 2.75) is 32.8 Å². The Morgan fingerprint density at radius 3 is 2.00 bits per heavy atom. The second kappa shape index (κ2) is 6.96. The van der Waals surface area contributed by atoms with Crippen LogP contribution < -0.4 is 0 Å². The zero-order valence-corrected chi connectivity index (χ0v) is 4.44. The Balaban J connectivity index is 0. The van der Waals surface area contributed by atoms with Crippen LogP contribution in [0.3, 0.4) is 0 Å². The Bertz CT molecular complexity index is 29.3. The van der Waals surface area contributed by atoms with Crippen LogP contribution in [0.15, 0.2) is 0 Å². The van der Waals surface area contributed by atoms with Crippen molar-refractivity contribution in [2.75, 3.05) is 0 Å². The van der Waals surface area contributed by atoms with Crippen LogP contribution in [-0.4, -0.2) is 40.8 Å². The average Bonchev–Trinajstić information content (AvgIpc) is 1.35. The summed E-state index contributed by atoms with van der Waals surface area (Å²) in [6.45, 7) is 3.87. The van der Waals surface area contributed by atoms with Gasteiger partial charge in [0, 0.05) is 0 Å². The minimum atomic E-state index is -0.102. The van der Waals surface area contributed by atoms with Gasteiger partial charge in [0.15, 0.2) is 0 Å². The molecule has 1 atom stereocenters. The molecule has 0 aliphatic heterocycles. The predicted octanol–water partition coefficient (Wildman–Crippen LogP) is 0.519. The third-order valence-electron chi connectivity index (χ3n) is 0.706. The Morgan fingerprint density at radius 2 is 2.00 bits per heavy atom. The molecule has 0 aromatic carbocycles. The van der Waals surface area contributed by atoms with E-state index in [1.54, 1.807) is 0 Å². The molecule has 0 amide bonds. The molecule has 7 heavy (non-hydrogen) atoms. The fourth-order valence-corrected chi connectivity index (χ4v) is 0.418. The molecule has 0 spiro atoms. The molecule has 0 rings (SSSR count). The van der Waals surface area contributed by atoms with Crippen molar-refractivity contribution in [2.24, 2.45) is 0 Å². The summed E-state index contributed by atoms with van der Waals surface area (Å²) in [5.41, 5.74) is 0. The molecule has 0 bridgehead atoms. The Kier molecular flexibility index (Phi) is 10.8. The Morgan fingerprint density at radius 1 is 1.57 bits per heavy atom. The van der Waals surface area contributed by atoms with Crippen LogP contribution in [0.2, 0.25) is 0 Å². The van der Waals surface area contributed by atoms with E-state index < -0.39 is 0 Å². The zero-order valence-electron chi connectivity index (χ0n) is 4.44. The first-order chi connectivity index (χ1) is 2.77. The molecular formula is C5H13NaO. The number of hydrogen-bond acceptors (Lipinski definition) is 1. The number of rotatable bonds is 2. The molecule has 1 N–H and O–H groups in total.